The van der Waals surface area contributed by atoms with E-state index in [4.69, 9.17) is 9.26 Å². The average molecular weight is 399 g/mol. The molecule has 1 aromatic heterocycles. The van der Waals surface area contributed by atoms with Crippen LogP contribution in [0, 0.1) is 5.92 Å². The van der Waals surface area contributed by atoms with E-state index in [1.165, 1.54) is 12.8 Å². The monoisotopic (exact) mass is 399 g/mol. The molecular weight excluding hydrogens is 370 g/mol. The molecule has 8 nitrogen and oxygen atoms in total. The van der Waals surface area contributed by atoms with Gasteiger partial charge in [-0.2, -0.15) is 4.98 Å². The van der Waals surface area contributed by atoms with Crippen molar-refractivity contribution in [3.05, 3.63) is 24.3 Å². The second-order valence-electron chi connectivity index (χ2n) is 7.75. The van der Waals surface area contributed by atoms with E-state index in [1.807, 2.05) is 29.2 Å². The number of piperidine rings is 1. The average Bonchev–Trinajstić information content (AvgIpc) is 3.46. The maximum atomic E-state index is 12.6. The quantitative estimate of drug-likeness (QED) is 0.764. The number of benzene rings is 1. The van der Waals surface area contributed by atoms with E-state index in [0.717, 1.165) is 56.9 Å². The number of hydrogen-bond donors (Lipinski definition) is 1. The lowest BCUT2D eigenvalue weighted by Crippen LogP contribution is -2.44. The summed E-state index contributed by atoms with van der Waals surface area (Å²) >= 11 is 0. The minimum atomic E-state index is -0.0429. The van der Waals surface area contributed by atoms with Crippen molar-refractivity contribution in [2.75, 3.05) is 51.3 Å². The van der Waals surface area contributed by atoms with E-state index in [0.29, 0.717) is 18.4 Å². The van der Waals surface area contributed by atoms with Gasteiger partial charge >= 0.3 is 6.01 Å². The molecule has 1 unspecified atom stereocenters. The minimum Gasteiger partial charge on any atom is -0.497 e. The maximum Gasteiger partial charge on any atom is 0.324 e. The molecule has 0 radical (unpaired) electrons. The number of carbonyl (C=O) groups excluding carboxylic acids is 1. The van der Waals surface area contributed by atoms with E-state index >= 15 is 0 Å². The third-order valence-corrected chi connectivity index (χ3v) is 5.75. The first kappa shape index (κ1) is 19.7. The molecule has 2 aliphatic heterocycles. The molecule has 1 amide bonds. The molecule has 2 fully saturated rings. The fourth-order valence-electron chi connectivity index (χ4n) is 4.05. The number of nitrogens with one attached hydrogen (secondary N) is 1. The van der Waals surface area contributed by atoms with Crippen molar-refractivity contribution in [1.82, 2.24) is 20.4 Å². The fourth-order valence-corrected chi connectivity index (χ4v) is 4.05. The lowest BCUT2D eigenvalue weighted by molar-refractivity contribution is -0.125. The van der Waals surface area contributed by atoms with E-state index in [9.17, 15) is 4.79 Å². The van der Waals surface area contributed by atoms with Crippen LogP contribution < -0.4 is 15.0 Å². The second kappa shape index (κ2) is 9.26. The number of methoxy groups -OCH3 is 1. The summed E-state index contributed by atoms with van der Waals surface area (Å²) in [5, 5.41) is 7.21. The zero-order chi connectivity index (χ0) is 20.1. The van der Waals surface area contributed by atoms with Crippen molar-refractivity contribution in [3.63, 3.8) is 0 Å². The van der Waals surface area contributed by atoms with Gasteiger partial charge in [-0.15, -0.1) is 0 Å². The Morgan fingerprint density at radius 2 is 2.00 bits per heavy atom. The van der Waals surface area contributed by atoms with Crippen LogP contribution in [-0.2, 0) is 4.79 Å². The summed E-state index contributed by atoms with van der Waals surface area (Å²) in [6.45, 7) is 5.40. The highest BCUT2D eigenvalue weighted by Crippen LogP contribution is 2.25. The Morgan fingerprint density at radius 1 is 1.21 bits per heavy atom. The molecule has 0 saturated carbocycles. The van der Waals surface area contributed by atoms with Crippen LogP contribution in [0.2, 0.25) is 0 Å². The molecular formula is C21H29N5O3. The smallest absolute Gasteiger partial charge is 0.324 e. The predicted molar refractivity (Wildman–Crippen MR) is 110 cm³/mol. The molecule has 29 heavy (non-hydrogen) atoms. The first-order chi connectivity index (χ1) is 14.2. The van der Waals surface area contributed by atoms with E-state index in [1.54, 1.807) is 7.11 Å². The summed E-state index contributed by atoms with van der Waals surface area (Å²) in [5.41, 5.74) is 0.869. The summed E-state index contributed by atoms with van der Waals surface area (Å²) in [6, 6.07) is 8.02. The van der Waals surface area contributed by atoms with Gasteiger partial charge in [0.15, 0.2) is 0 Å². The summed E-state index contributed by atoms with van der Waals surface area (Å²) < 4.78 is 10.7. The molecule has 2 saturated heterocycles. The van der Waals surface area contributed by atoms with Gasteiger partial charge in [0.05, 0.1) is 13.0 Å². The number of anilines is 1. The molecule has 1 aromatic carbocycles. The Labute approximate surface area is 171 Å². The Kier molecular flexibility index (Phi) is 6.29. The van der Waals surface area contributed by atoms with Crippen molar-refractivity contribution >= 4 is 11.9 Å². The number of carbonyl (C=O) groups is 1. The number of rotatable bonds is 7. The molecule has 2 aliphatic rings. The van der Waals surface area contributed by atoms with Gasteiger partial charge < -0.3 is 24.4 Å². The molecule has 0 aliphatic carbocycles. The van der Waals surface area contributed by atoms with Gasteiger partial charge in [0.25, 0.3) is 0 Å². The standard InChI is InChI=1S/C21H29N5O3/c1-28-18-8-6-16(7-9-18)19-23-21(29-24-19)26-13-4-5-17(15-26)20(27)22-10-14-25-11-2-3-12-25/h6-9,17H,2-5,10-15H2,1H3,(H,22,27). The van der Waals surface area contributed by atoms with Crippen molar-refractivity contribution < 1.29 is 14.1 Å². The zero-order valence-electron chi connectivity index (χ0n) is 17.0. The molecule has 2 aromatic rings. The lowest BCUT2D eigenvalue weighted by Gasteiger charge is -2.30. The van der Waals surface area contributed by atoms with Gasteiger partial charge in [-0.25, -0.2) is 0 Å². The Morgan fingerprint density at radius 3 is 2.76 bits per heavy atom. The largest absolute Gasteiger partial charge is 0.497 e. The van der Waals surface area contributed by atoms with Crippen molar-refractivity contribution in [3.8, 4) is 17.1 Å². The lowest BCUT2D eigenvalue weighted by atomic mass is 9.97. The molecule has 8 heteroatoms. The summed E-state index contributed by atoms with van der Waals surface area (Å²) in [5.74, 6) is 1.41. The number of nitrogens with zero attached hydrogens (tertiary/aromatic N) is 4. The van der Waals surface area contributed by atoms with Crippen LogP contribution in [-0.4, -0.2) is 67.3 Å². The highest BCUT2D eigenvalue weighted by molar-refractivity contribution is 5.79. The van der Waals surface area contributed by atoms with Gasteiger partial charge in [0.1, 0.15) is 5.75 Å². The summed E-state index contributed by atoms with van der Waals surface area (Å²) in [4.78, 5) is 21.6. The maximum absolute atomic E-state index is 12.6. The predicted octanol–water partition coefficient (Wildman–Crippen LogP) is 2.17. The van der Waals surface area contributed by atoms with Gasteiger partial charge in [-0.1, -0.05) is 5.16 Å². The molecule has 0 spiro atoms. The highest BCUT2D eigenvalue weighted by Gasteiger charge is 2.28. The van der Waals surface area contributed by atoms with Crippen LogP contribution in [0.3, 0.4) is 0 Å². The van der Waals surface area contributed by atoms with Crippen LogP contribution >= 0.6 is 0 Å². The number of amides is 1. The molecule has 3 heterocycles. The van der Waals surface area contributed by atoms with E-state index in [-0.39, 0.29) is 11.8 Å². The van der Waals surface area contributed by atoms with E-state index < -0.39 is 0 Å². The zero-order valence-corrected chi connectivity index (χ0v) is 17.0. The molecule has 1 atom stereocenters. The Balaban J connectivity index is 1.32. The molecule has 4 rings (SSSR count). The number of hydrogen-bond acceptors (Lipinski definition) is 7. The Hall–Kier alpha value is -2.61. The third kappa shape index (κ3) is 4.87. The summed E-state index contributed by atoms with van der Waals surface area (Å²) in [7, 11) is 1.64. The van der Waals surface area contributed by atoms with Crippen LogP contribution in [0.1, 0.15) is 25.7 Å². The molecule has 0 bridgehead atoms. The van der Waals surface area contributed by atoms with Crippen LogP contribution in [0.25, 0.3) is 11.4 Å². The van der Waals surface area contributed by atoms with Crippen molar-refractivity contribution in [2.45, 2.75) is 25.7 Å². The van der Waals surface area contributed by atoms with Crippen LogP contribution in [0.5, 0.6) is 5.75 Å². The summed E-state index contributed by atoms with van der Waals surface area (Å²) in [6.07, 6.45) is 4.37. The van der Waals surface area contributed by atoms with Gasteiger partial charge in [0.2, 0.25) is 11.7 Å². The first-order valence-electron chi connectivity index (χ1n) is 10.5. The highest BCUT2D eigenvalue weighted by atomic mass is 16.5. The van der Waals surface area contributed by atoms with Gasteiger partial charge in [0, 0.05) is 31.7 Å². The minimum absolute atomic E-state index is 0.0429. The van der Waals surface area contributed by atoms with Crippen LogP contribution in [0.15, 0.2) is 28.8 Å². The third-order valence-electron chi connectivity index (χ3n) is 5.75. The first-order valence-corrected chi connectivity index (χ1v) is 10.5. The van der Waals surface area contributed by atoms with Gasteiger partial charge in [-0.05, 0) is 63.0 Å². The van der Waals surface area contributed by atoms with E-state index in [2.05, 4.69) is 20.4 Å². The fraction of sp³-hybridized carbons (Fsp3) is 0.571. The number of likely N-dealkylation sites (tertiary alicyclic amines) is 1. The number of ether oxygens (including phenoxy) is 1. The Bertz CT molecular complexity index is 801. The SMILES string of the molecule is COc1ccc(-c2noc(N3CCCC(C(=O)NCCN4CCCC4)C3)n2)cc1. The van der Waals surface area contributed by atoms with Crippen molar-refractivity contribution in [2.24, 2.45) is 5.92 Å². The van der Waals surface area contributed by atoms with Crippen molar-refractivity contribution in [1.29, 1.82) is 0 Å². The van der Waals surface area contributed by atoms with Gasteiger partial charge in [-0.3, -0.25) is 4.79 Å². The topological polar surface area (TPSA) is 83.7 Å². The second-order valence-corrected chi connectivity index (χ2v) is 7.75. The van der Waals surface area contributed by atoms with Crippen LogP contribution in [0.4, 0.5) is 6.01 Å². The number of aromatic nitrogens is 2. The molecule has 1 N–H and O–H groups in total. The molecule has 156 valence electrons. The normalized spacial score (nSPS) is 20.0.